The molecule has 6 heteroatoms. The van der Waals surface area contributed by atoms with Crippen molar-refractivity contribution in [1.82, 2.24) is 9.47 Å². The summed E-state index contributed by atoms with van der Waals surface area (Å²) in [6.07, 6.45) is 1.78. The molecule has 3 rings (SSSR count). The van der Waals surface area contributed by atoms with E-state index < -0.39 is 0 Å². The van der Waals surface area contributed by atoms with Gasteiger partial charge in [-0.25, -0.2) is 0 Å². The standard InChI is InChI=1S/C22H25N3O3/c1-4-28-17-10-8-16(9-11-17)21(26)23-20-7-5-6-19-18(20)12-13-25(22(19)27)15-14-24(2)3/h5-13H,4,14-15H2,1-3H3,(H,23,26). The zero-order chi connectivity index (χ0) is 20.1. The van der Waals surface area contributed by atoms with E-state index in [1.807, 2.05) is 32.0 Å². The molecule has 0 saturated heterocycles. The second-order valence-electron chi connectivity index (χ2n) is 6.80. The summed E-state index contributed by atoms with van der Waals surface area (Å²) in [5.41, 5.74) is 1.09. The number of carbonyl (C=O) groups is 1. The number of anilines is 1. The molecule has 1 heterocycles. The van der Waals surface area contributed by atoms with Crippen molar-refractivity contribution in [1.29, 1.82) is 0 Å². The predicted molar refractivity (Wildman–Crippen MR) is 112 cm³/mol. The molecule has 0 aliphatic heterocycles. The quantitative estimate of drug-likeness (QED) is 0.685. The third-order valence-electron chi connectivity index (χ3n) is 4.48. The van der Waals surface area contributed by atoms with Gasteiger partial charge in [0.25, 0.3) is 11.5 Å². The first-order valence-electron chi connectivity index (χ1n) is 9.30. The molecule has 1 aromatic heterocycles. The Morgan fingerprint density at radius 1 is 1.07 bits per heavy atom. The summed E-state index contributed by atoms with van der Waals surface area (Å²) in [4.78, 5) is 27.4. The average Bonchev–Trinajstić information content (AvgIpc) is 2.68. The van der Waals surface area contributed by atoms with E-state index in [9.17, 15) is 9.59 Å². The lowest BCUT2D eigenvalue weighted by atomic mass is 10.1. The molecule has 0 saturated carbocycles. The molecule has 0 spiro atoms. The van der Waals surface area contributed by atoms with Crippen molar-refractivity contribution in [2.45, 2.75) is 13.5 Å². The van der Waals surface area contributed by atoms with Gasteiger partial charge in [0.1, 0.15) is 5.75 Å². The summed E-state index contributed by atoms with van der Waals surface area (Å²) in [6, 6.07) is 14.2. The lowest BCUT2D eigenvalue weighted by Gasteiger charge is -2.13. The maximum absolute atomic E-state index is 12.8. The van der Waals surface area contributed by atoms with Gasteiger partial charge in [-0.3, -0.25) is 9.59 Å². The van der Waals surface area contributed by atoms with E-state index in [2.05, 4.69) is 5.32 Å². The monoisotopic (exact) mass is 379 g/mol. The van der Waals surface area contributed by atoms with Crippen LogP contribution in [0.3, 0.4) is 0 Å². The Bertz CT molecular complexity index is 1020. The first-order chi connectivity index (χ1) is 13.5. The van der Waals surface area contributed by atoms with E-state index >= 15 is 0 Å². The van der Waals surface area contributed by atoms with Gasteiger partial charge in [0.2, 0.25) is 0 Å². The molecule has 1 N–H and O–H groups in total. The van der Waals surface area contributed by atoms with Gasteiger partial charge in [-0.15, -0.1) is 0 Å². The molecule has 0 bridgehead atoms. The first kappa shape index (κ1) is 19.6. The molecular formula is C22H25N3O3. The number of fused-ring (bicyclic) bond motifs is 1. The first-order valence-corrected chi connectivity index (χ1v) is 9.30. The highest BCUT2D eigenvalue weighted by molar-refractivity contribution is 6.09. The average molecular weight is 379 g/mol. The van der Waals surface area contributed by atoms with Crippen LogP contribution in [0.5, 0.6) is 5.75 Å². The molecule has 0 radical (unpaired) electrons. The van der Waals surface area contributed by atoms with Crippen LogP contribution < -0.4 is 15.6 Å². The van der Waals surface area contributed by atoms with Crippen molar-refractivity contribution in [3.05, 3.63) is 70.6 Å². The third kappa shape index (κ3) is 4.40. The fourth-order valence-corrected chi connectivity index (χ4v) is 2.97. The topological polar surface area (TPSA) is 63.6 Å². The van der Waals surface area contributed by atoms with Crippen LogP contribution in [0.15, 0.2) is 59.5 Å². The van der Waals surface area contributed by atoms with Crippen LogP contribution in [0.4, 0.5) is 5.69 Å². The number of hydrogen-bond donors (Lipinski definition) is 1. The number of amides is 1. The molecule has 0 aliphatic rings. The van der Waals surface area contributed by atoms with E-state index in [0.717, 1.165) is 17.7 Å². The maximum atomic E-state index is 12.8. The lowest BCUT2D eigenvalue weighted by molar-refractivity contribution is 0.102. The Labute approximate surface area is 164 Å². The van der Waals surface area contributed by atoms with Crippen molar-refractivity contribution in [3.8, 4) is 5.75 Å². The number of likely N-dealkylation sites (N-methyl/N-ethyl adjacent to an activating group) is 1. The number of aromatic nitrogens is 1. The van der Waals surface area contributed by atoms with Gasteiger partial charge in [0, 0.05) is 41.3 Å². The summed E-state index contributed by atoms with van der Waals surface area (Å²) in [5, 5.41) is 4.23. The van der Waals surface area contributed by atoms with Gasteiger partial charge in [0.15, 0.2) is 0 Å². The van der Waals surface area contributed by atoms with Crippen molar-refractivity contribution >= 4 is 22.4 Å². The van der Waals surface area contributed by atoms with Crippen LogP contribution in [0.25, 0.3) is 10.8 Å². The van der Waals surface area contributed by atoms with E-state index in [1.54, 1.807) is 53.2 Å². The Hall–Kier alpha value is -3.12. The second kappa shape index (κ2) is 8.71. The molecule has 0 unspecified atom stereocenters. The van der Waals surface area contributed by atoms with E-state index in [4.69, 9.17) is 4.74 Å². The fourth-order valence-electron chi connectivity index (χ4n) is 2.97. The minimum absolute atomic E-state index is 0.0588. The van der Waals surface area contributed by atoms with E-state index in [1.165, 1.54) is 0 Å². The van der Waals surface area contributed by atoms with E-state index in [-0.39, 0.29) is 11.5 Å². The Kier molecular flexibility index (Phi) is 6.11. The third-order valence-corrected chi connectivity index (χ3v) is 4.48. The smallest absolute Gasteiger partial charge is 0.258 e. The number of pyridine rings is 1. The van der Waals surface area contributed by atoms with Crippen LogP contribution >= 0.6 is 0 Å². The number of ether oxygens (including phenoxy) is 1. The summed E-state index contributed by atoms with van der Waals surface area (Å²) in [5.74, 6) is 0.495. The second-order valence-corrected chi connectivity index (χ2v) is 6.80. The zero-order valence-electron chi connectivity index (χ0n) is 16.4. The zero-order valence-corrected chi connectivity index (χ0v) is 16.4. The number of rotatable bonds is 7. The molecule has 1 amide bonds. The largest absolute Gasteiger partial charge is 0.494 e. The number of hydrogen-bond acceptors (Lipinski definition) is 4. The molecule has 0 aliphatic carbocycles. The highest BCUT2D eigenvalue weighted by atomic mass is 16.5. The van der Waals surface area contributed by atoms with Crippen molar-refractivity contribution < 1.29 is 9.53 Å². The van der Waals surface area contributed by atoms with Crippen molar-refractivity contribution in [3.63, 3.8) is 0 Å². The van der Waals surface area contributed by atoms with Gasteiger partial charge in [-0.2, -0.15) is 0 Å². The van der Waals surface area contributed by atoms with Gasteiger partial charge < -0.3 is 19.5 Å². The summed E-state index contributed by atoms with van der Waals surface area (Å²) < 4.78 is 7.10. The van der Waals surface area contributed by atoms with E-state index in [0.29, 0.717) is 29.8 Å². The number of benzene rings is 2. The highest BCUT2D eigenvalue weighted by Crippen LogP contribution is 2.22. The normalized spacial score (nSPS) is 11.0. The maximum Gasteiger partial charge on any atom is 0.258 e. The van der Waals surface area contributed by atoms with Crippen LogP contribution in [0.2, 0.25) is 0 Å². The molecule has 0 fully saturated rings. The van der Waals surface area contributed by atoms with Gasteiger partial charge in [-0.05, 0) is 63.5 Å². The SMILES string of the molecule is CCOc1ccc(C(=O)Nc2cccc3c(=O)n(CCN(C)C)ccc23)cc1. The Morgan fingerprint density at radius 3 is 2.50 bits per heavy atom. The Balaban J connectivity index is 1.85. The van der Waals surface area contributed by atoms with Gasteiger partial charge >= 0.3 is 0 Å². The number of nitrogens with zero attached hydrogens (tertiary/aromatic N) is 2. The van der Waals surface area contributed by atoms with Crippen LogP contribution in [-0.2, 0) is 6.54 Å². The van der Waals surface area contributed by atoms with Crippen LogP contribution in [0, 0.1) is 0 Å². The highest BCUT2D eigenvalue weighted by Gasteiger charge is 2.11. The van der Waals surface area contributed by atoms with Crippen molar-refractivity contribution in [2.24, 2.45) is 0 Å². The van der Waals surface area contributed by atoms with Gasteiger partial charge in [-0.1, -0.05) is 6.07 Å². The minimum atomic E-state index is -0.229. The molecule has 3 aromatic rings. The fraction of sp³-hybridized carbons (Fsp3) is 0.273. The van der Waals surface area contributed by atoms with Crippen molar-refractivity contribution in [2.75, 3.05) is 32.6 Å². The minimum Gasteiger partial charge on any atom is -0.494 e. The predicted octanol–water partition coefficient (Wildman–Crippen LogP) is 3.21. The summed E-state index contributed by atoms with van der Waals surface area (Å²) >= 11 is 0. The number of carbonyl (C=O) groups excluding carboxylic acids is 1. The van der Waals surface area contributed by atoms with Crippen LogP contribution in [-0.4, -0.2) is 42.6 Å². The number of nitrogens with one attached hydrogen (secondary N) is 1. The summed E-state index contributed by atoms with van der Waals surface area (Å²) in [6.45, 7) is 3.88. The molecule has 146 valence electrons. The molecule has 2 aromatic carbocycles. The lowest BCUT2D eigenvalue weighted by Crippen LogP contribution is -2.26. The van der Waals surface area contributed by atoms with Gasteiger partial charge in [0.05, 0.1) is 6.61 Å². The molecule has 6 nitrogen and oxygen atoms in total. The molecular weight excluding hydrogens is 354 g/mol. The molecule has 0 atom stereocenters. The Morgan fingerprint density at radius 2 is 1.82 bits per heavy atom. The summed E-state index contributed by atoms with van der Waals surface area (Å²) in [7, 11) is 3.95. The molecule has 28 heavy (non-hydrogen) atoms. The van der Waals surface area contributed by atoms with Crippen LogP contribution in [0.1, 0.15) is 17.3 Å².